The first kappa shape index (κ1) is 10.8. The van der Waals surface area contributed by atoms with Gasteiger partial charge >= 0.3 is 0 Å². The molecule has 0 aromatic heterocycles. The summed E-state index contributed by atoms with van der Waals surface area (Å²) in [6.45, 7) is 4.01. The van der Waals surface area contributed by atoms with Crippen LogP contribution in [0.3, 0.4) is 0 Å². The van der Waals surface area contributed by atoms with Crippen molar-refractivity contribution in [3.05, 3.63) is 0 Å². The molecule has 0 aromatic rings. The van der Waals surface area contributed by atoms with Crippen LogP contribution in [0, 0.1) is 5.92 Å². The van der Waals surface area contributed by atoms with E-state index in [1.54, 1.807) is 0 Å². The number of hydrogen-bond acceptors (Lipinski definition) is 1. The molecule has 0 bridgehead atoms. The van der Waals surface area contributed by atoms with Crippen LogP contribution in [0.25, 0.3) is 0 Å². The summed E-state index contributed by atoms with van der Waals surface area (Å²) >= 11 is 0. The van der Waals surface area contributed by atoms with Gasteiger partial charge in [-0.2, -0.15) is 0 Å². The topological polar surface area (TPSA) is 26.0 Å². The normalized spacial score (nSPS) is 14.5. The van der Waals surface area contributed by atoms with Crippen molar-refractivity contribution in [2.75, 3.05) is 0 Å². The summed E-state index contributed by atoms with van der Waals surface area (Å²) in [5.74, 6) is 0.360. The third-order valence-electron chi connectivity index (χ3n) is 2.08. The average molecular weight is 165 g/mol. The van der Waals surface area contributed by atoms with E-state index in [-0.39, 0.29) is 0 Å². The van der Waals surface area contributed by atoms with E-state index in [0.29, 0.717) is 12.3 Å². The Balaban J connectivity index is 3.62. The Bertz CT molecular complexity index is 92.1. The predicted octanol–water partition coefficient (Wildman–Crippen LogP) is 2.41. The maximum Gasteiger partial charge on any atom is 0.253 e. The van der Waals surface area contributed by atoms with E-state index in [1.807, 2.05) is 13.8 Å². The first-order valence-corrected chi connectivity index (χ1v) is 4.15. The first-order valence-electron chi connectivity index (χ1n) is 4.15. The molecule has 0 spiro atoms. The molecule has 0 saturated carbocycles. The molecule has 0 rings (SSSR count). The monoisotopic (exact) mass is 165 g/mol. The molecule has 1 unspecified atom stereocenters. The highest BCUT2D eigenvalue weighted by Gasteiger charge is 2.18. The third kappa shape index (κ3) is 4.30. The first-order chi connectivity index (χ1) is 5.11. The maximum absolute atomic E-state index is 11.9. The van der Waals surface area contributed by atoms with Crippen molar-refractivity contribution in [2.24, 2.45) is 11.7 Å². The Morgan fingerprint density at radius 1 is 1.18 bits per heavy atom. The van der Waals surface area contributed by atoms with Gasteiger partial charge in [0.25, 0.3) is 6.43 Å². The van der Waals surface area contributed by atoms with Gasteiger partial charge in [0.05, 0.1) is 6.04 Å². The van der Waals surface area contributed by atoms with Gasteiger partial charge in [-0.15, -0.1) is 0 Å². The van der Waals surface area contributed by atoms with E-state index < -0.39 is 12.5 Å². The van der Waals surface area contributed by atoms with Gasteiger partial charge in [0.2, 0.25) is 0 Å². The maximum atomic E-state index is 11.9. The quantitative estimate of drug-likeness (QED) is 0.665. The Hall–Kier alpha value is -0.180. The lowest BCUT2D eigenvalue weighted by molar-refractivity contribution is 0.103. The molecule has 0 aliphatic carbocycles. The zero-order valence-electron chi connectivity index (χ0n) is 7.19. The number of nitrogens with two attached hydrogens (primary N) is 1. The fraction of sp³-hybridized carbons (Fsp3) is 1.00. The summed E-state index contributed by atoms with van der Waals surface area (Å²) < 4.78 is 23.9. The lowest BCUT2D eigenvalue weighted by atomic mass is 9.95. The standard InChI is InChI=1S/C8H17F2N/c1-3-6(4-2)5-7(11)8(9)10/h6-8H,3-5,11H2,1-2H3. The Morgan fingerprint density at radius 3 is 1.91 bits per heavy atom. The molecule has 3 heteroatoms. The van der Waals surface area contributed by atoms with Gasteiger partial charge in [-0.05, 0) is 12.3 Å². The van der Waals surface area contributed by atoms with Gasteiger partial charge in [-0.25, -0.2) is 8.78 Å². The molecule has 0 fully saturated rings. The van der Waals surface area contributed by atoms with Crippen LogP contribution < -0.4 is 5.73 Å². The molecule has 1 nitrogen and oxygen atoms in total. The Morgan fingerprint density at radius 2 is 1.64 bits per heavy atom. The van der Waals surface area contributed by atoms with Gasteiger partial charge in [0, 0.05) is 0 Å². The molecule has 2 N–H and O–H groups in total. The molecule has 0 amide bonds. The van der Waals surface area contributed by atoms with E-state index >= 15 is 0 Å². The van der Waals surface area contributed by atoms with Crippen LogP contribution in [0.1, 0.15) is 33.1 Å². The van der Waals surface area contributed by atoms with Crippen molar-refractivity contribution in [3.63, 3.8) is 0 Å². The zero-order chi connectivity index (χ0) is 8.85. The fourth-order valence-electron chi connectivity index (χ4n) is 1.11. The minimum atomic E-state index is -2.37. The van der Waals surface area contributed by atoms with Crippen molar-refractivity contribution < 1.29 is 8.78 Å². The van der Waals surface area contributed by atoms with Gasteiger partial charge < -0.3 is 5.73 Å². The van der Waals surface area contributed by atoms with Crippen LogP contribution in [0.4, 0.5) is 8.78 Å². The fourth-order valence-corrected chi connectivity index (χ4v) is 1.11. The van der Waals surface area contributed by atoms with Gasteiger partial charge in [0.1, 0.15) is 0 Å². The van der Waals surface area contributed by atoms with Crippen LogP contribution in [0.2, 0.25) is 0 Å². The van der Waals surface area contributed by atoms with E-state index in [2.05, 4.69) is 0 Å². The van der Waals surface area contributed by atoms with Crippen molar-refractivity contribution in [1.29, 1.82) is 0 Å². The number of rotatable bonds is 5. The number of halogens is 2. The van der Waals surface area contributed by atoms with Gasteiger partial charge in [-0.1, -0.05) is 26.7 Å². The van der Waals surface area contributed by atoms with Crippen LogP contribution in [-0.4, -0.2) is 12.5 Å². The lowest BCUT2D eigenvalue weighted by Gasteiger charge is -2.16. The molecule has 0 aliphatic rings. The molecule has 0 aromatic carbocycles. The molecule has 0 aliphatic heterocycles. The molecule has 0 heterocycles. The second-order valence-corrected chi connectivity index (χ2v) is 2.92. The van der Waals surface area contributed by atoms with Crippen molar-refractivity contribution in [3.8, 4) is 0 Å². The summed E-state index contributed by atoms with van der Waals surface area (Å²) in [5, 5.41) is 0. The zero-order valence-corrected chi connectivity index (χ0v) is 7.19. The number of alkyl halides is 2. The SMILES string of the molecule is CCC(CC)CC(N)C(F)F. The molecular weight excluding hydrogens is 148 g/mol. The van der Waals surface area contributed by atoms with E-state index in [1.165, 1.54) is 0 Å². The summed E-state index contributed by atoms with van der Waals surface area (Å²) in [7, 11) is 0. The molecule has 0 radical (unpaired) electrons. The molecule has 11 heavy (non-hydrogen) atoms. The smallest absolute Gasteiger partial charge is 0.253 e. The second-order valence-electron chi connectivity index (χ2n) is 2.92. The van der Waals surface area contributed by atoms with E-state index in [4.69, 9.17) is 5.73 Å². The Kier molecular flexibility index (Phi) is 5.38. The van der Waals surface area contributed by atoms with Crippen molar-refractivity contribution >= 4 is 0 Å². The lowest BCUT2D eigenvalue weighted by Crippen LogP contribution is -2.30. The van der Waals surface area contributed by atoms with Crippen molar-refractivity contribution in [2.45, 2.75) is 45.6 Å². The third-order valence-corrected chi connectivity index (χ3v) is 2.08. The minimum Gasteiger partial charge on any atom is -0.323 e. The Labute approximate surface area is 67.0 Å². The summed E-state index contributed by atoms with van der Waals surface area (Å²) in [6, 6.07) is -0.931. The van der Waals surface area contributed by atoms with E-state index in [0.717, 1.165) is 12.8 Å². The van der Waals surface area contributed by atoms with Crippen LogP contribution in [-0.2, 0) is 0 Å². The van der Waals surface area contributed by atoms with Gasteiger partial charge in [-0.3, -0.25) is 0 Å². The second kappa shape index (κ2) is 5.47. The molecule has 1 atom stereocenters. The van der Waals surface area contributed by atoms with Gasteiger partial charge in [0.15, 0.2) is 0 Å². The summed E-state index contributed by atoms with van der Waals surface area (Å²) in [6.07, 6.45) is -0.0333. The highest BCUT2D eigenvalue weighted by molar-refractivity contribution is 4.68. The van der Waals surface area contributed by atoms with Crippen molar-refractivity contribution in [1.82, 2.24) is 0 Å². The van der Waals surface area contributed by atoms with E-state index in [9.17, 15) is 8.78 Å². The number of hydrogen-bond donors (Lipinski definition) is 1. The largest absolute Gasteiger partial charge is 0.323 e. The summed E-state index contributed by atoms with van der Waals surface area (Å²) in [4.78, 5) is 0. The van der Waals surface area contributed by atoms with Crippen LogP contribution in [0.5, 0.6) is 0 Å². The highest BCUT2D eigenvalue weighted by atomic mass is 19.3. The predicted molar refractivity (Wildman–Crippen MR) is 42.7 cm³/mol. The molecule has 0 saturated heterocycles. The highest BCUT2D eigenvalue weighted by Crippen LogP contribution is 2.16. The van der Waals surface area contributed by atoms with Crippen LogP contribution >= 0.6 is 0 Å². The molecular formula is C8H17F2N. The van der Waals surface area contributed by atoms with Crippen LogP contribution in [0.15, 0.2) is 0 Å². The summed E-state index contributed by atoms with van der Waals surface area (Å²) in [5.41, 5.74) is 5.22. The minimum absolute atomic E-state index is 0.360. The average Bonchev–Trinajstić information content (AvgIpc) is 1.99. The molecule has 68 valence electrons.